The molecule has 1 rings (SSSR count). The van der Waals surface area contributed by atoms with Gasteiger partial charge in [-0.15, -0.1) is 0 Å². The van der Waals surface area contributed by atoms with E-state index in [0.29, 0.717) is 21.9 Å². The van der Waals surface area contributed by atoms with Gasteiger partial charge in [0.05, 0.1) is 6.04 Å². The molecule has 20 heavy (non-hydrogen) atoms. The van der Waals surface area contributed by atoms with Crippen LogP contribution in [0.25, 0.3) is 0 Å². The highest BCUT2D eigenvalue weighted by Crippen LogP contribution is 2.28. The van der Waals surface area contributed by atoms with Crippen LogP contribution in [-0.4, -0.2) is 18.0 Å². The van der Waals surface area contributed by atoms with Crippen molar-refractivity contribution in [2.75, 3.05) is 0 Å². The van der Waals surface area contributed by atoms with E-state index in [-0.39, 0.29) is 6.42 Å². The number of halogens is 2. The Morgan fingerprint density at radius 1 is 1.40 bits per heavy atom. The van der Waals surface area contributed by atoms with E-state index in [1.807, 2.05) is 0 Å². The maximum Gasteiger partial charge on any atom is 0.408 e. The predicted molar refractivity (Wildman–Crippen MR) is 79.3 cm³/mol. The number of ether oxygens (including phenoxy) is 1. The molecule has 0 unspecified atom stereocenters. The van der Waals surface area contributed by atoms with Crippen molar-refractivity contribution < 1.29 is 14.3 Å². The summed E-state index contributed by atoms with van der Waals surface area (Å²) >= 11 is 11.9. The van der Waals surface area contributed by atoms with E-state index >= 15 is 0 Å². The number of alkyl carbamates (subject to hydrolysis) is 1. The molecule has 1 amide bonds. The summed E-state index contributed by atoms with van der Waals surface area (Å²) in [5.74, 6) is 0. The van der Waals surface area contributed by atoms with Gasteiger partial charge in [-0.25, -0.2) is 4.79 Å². The van der Waals surface area contributed by atoms with Crippen LogP contribution in [0, 0.1) is 0 Å². The van der Waals surface area contributed by atoms with Crippen LogP contribution in [0.15, 0.2) is 18.2 Å². The van der Waals surface area contributed by atoms with Crippen molar-refractivity contribution >= 4 is 35.6 Å². The smallest absolute Gasteiger partial charge is 0.408 e. The highest BCUT2D eigenvalue weighted by Gasteiger charge is 2.21. The molecular formula is C14H17Cl2NO3. The molecule has 1 N–H and O–H groups in total. The molecule has 0 aliphatic carbocycles. The quantitative estimate of drug-likeness (QED) is 0.849. The van der Waals surface area contributed by atoms with Crippen LogP contribution in [0.4, 0.5) is 4.79 Å². The molecule has 1 aromatic rings. The van der Waals surface area contributed by atoms with Crippen molar-refractivity contribution in [3.63, 3.8) is 0 Å². The van der Waals surface area contributed by atoms with E-state index in [1.165, 1.54) is 0 Å². The molecule has 0 saturated heterocycles. The van der Waals surface area contributed by atoms with Crippen molar-refractivity contribution in [1.29, 1.82) is 0 Å². The Bertz CT molecular complexity index is 498. The summed E-state index contributed by atoms with van der Waals surface area (Å²) in [4.78, 5) is 22.5. The van der Waals surface area contributed by atoms with Gasteiger partial charge in [0.2, 0.25) is 0 Å². The van der Waals surface area contributed by atoms with Gasteiger partial charge in [-0.1, -0.05) is 29.3 Å². The van der Waals surface area contributed by atoms with Gasteiger partial charge in [0, 0.05) is 16.5 Å². The summed E-state index contributed by atoms with van der Waals surface area (Å²) < 4.78 is 5.16. The molecule has 110 valence electrons. The van der Waals surface area contributed by atoms with E-state index in [0.717, 1.165) is 0 Å². The normalized spacial score (nSPS) is 12.7. The third-order valence-electron chi connectivity index (χ3n) is 2.36. The Kier molecular flexibility index (Phi) is 5.84. The van der Waals surface area contributed by atoms with Gasteiger partial charge in [0.25, 0.3) is 0 Å². The first-order valence-corrected chi connectivity index (χ1v) is 6.86. The summed E-state index contributed by atoms with van der Waals surface area (Å²) in [6, 6.07) is 4.34. The monoisotopic (exact) mass is 317 g/mol. The first kappa shape index (κ1) is 16.8. The highest BCUT2D eigenvalue weighted by atomic mass is 35.5. The summed E-state index contributed by atoms with van der Waals surface area (Å²) in [6.07, 6.45) is 0.212. The topological polar surface area (TPSA) is 55.4 Å². The van der Waals surface area contributed by atoms with E-state index < -0.39 is 17.7 Å². The van der Waals surface area contributed by atoms with Gasteiger partial charge >= 0.3 is 6.09 Å². The first-order valence-electron chi connectivity index (χ1n) is 6.11. The third-order valence-corrected chi connectivity index (χ3v) is 2.92. The minimum absolute atomic E-state index is 0.0978. The molecule has 0 aromatic heterocycles. The number of nitrogens with one attached hydrogen (secondary N) is 1. The highest BCUT2D eigenvalue weighted by molar-refractivity contribution is 6.35. The van der Waals surface area contributed by atoms with Crippen molar-refractivity contribution in [3.05, 3.63) is 33.8 Å². The zero-order chi connectivity index (χ0) is 15.3. The number of amides is 1. The molecule has 6 heteroatoms. The zero-order valence-corrected chi connectivity index (χ0v) is 13.1. The van der Waals surface area contributed by atoms with Crippen molar-refractivity contribution in [1.82, 2.24) is 5.32 Å². The van der Waals surface area contributed by atoms with Gasteiger partial charge in [-0.3, -0.25) is 0 Å². The predicted octanol–water partition coefficient (Wildman–Crippen LogP) is 4.15. The molecule has 0 spiro atoms. The molecule has 0 fully saturated rings. The minimum Gasteiger partial charge on any atom is -0.444 e. The number of hydrogen-bond acceptors (Lipinski definition) is 3. The Morgan fingerprint density at radius 3 is 2.55 bits per heavy atom. The maximum absolute atomic E-state index is 11.8. The van der Waals surface area contributed by atoms with Crippen molar-refractivity contribution in [2.45, 2.75) is 38.8 Å². The Balaban J connectivity index is 2.89. The lowest BCUT2D eigenvalue weighted by atomic mass is 10.0. The lowest BCUT2D eigenvalue weighted by molar-refractivity contribution is -0.108. The standard InChI is InChI=1S/C14H17Cl2NO3/c1-14(2,3)20-13(19)17-12(6-7-18)10-5-4-9(15)8-11(10)16/h4-5,7-8,12H,6H2,1-3H3,(H,17,19)/t12-/m1/s1. The molecule has 1 aromatic carbocycles. The minimum atomic E-state index is -0.612. The average molecular weight is 318 g/mol. The van der Waals surface area contributed by atoms with Gasteiger partial charge in [-0.05, 0) is 38.5 Å². The van der Waals surface area contributed by atoms with Crippen molar-refractivity contribution in [3.8, 4) is 0 Å². The van der Waals surface area contributed by atoms with E-state index in [4.69, 9.17) is 27.9 Å². The molecule has 1 atom stereocenters. The van der Waals surface area contributed by atoms with Crippen LogP contribution in [0.2, 0.25) is 10.0 Å². The molecule has 0 aliphatic rings. The molecule has 0 saturated carbocycles. The van der Waals surface area contributed by atoms with E-state index in [2.05, 4.69) is 5.32 Å². The second-order valence-electron chi connectivity index (χ2n) is 5.27. The number of rotatable bonds is 4. The van der Waals surface area contributed by atoms with Crippen LogP contribution < -0.4 is 5.32 Å². The number of carbonyl (C=O) groups excluding carboxylic acids is 2. The molecule has 0 bridgehead atoms. The van der Waals surface area contributed by atoms with Gasteiger partial charge < -0.3 is 14.8 Å². The number of benzene rings is 1. The lowest BCUT2D eigenvalue weighted by Crippen LogP contribution is -2.35. The maximum atomic E-state index is 11.8. The summed E-state index contributed by atoms with van der Waals surface area (Å²) in [6.45, 7) is 5.28. The Morgan fingerprint density at radius 2 is 2.05 bits per heavy atom. The number of hydrogen-bond donors (Lipinski definition) is 1. The molecule has 0 radical (unpaired) electrons. The second-order valence-corrected chi connectivity index (χ2v) is 6.11. The van der Waals surface area contributed by atoms with Crippen LogP contribution in [0.5, 0.6) is 0 Å². The van der Waals surface area contributed by atoms with E-state index in [1.54, 1.807) is 39.0 Å². The van der Waals surface area contributed by atoms with Gasteiger partial charge in [0.1, 0.15) is 11.9 Å². The Hall–Kier alpha value is -1.26. The largest absolute Gasteiger partial charge is 0.444 e. The average Bonchev–Trinajstić information content (AvgIpc) is 2.25. The first-order chi connectivity index (χ1) is 9.23. The molecule has 0 heterocycles. The SMILES string of the molecule is CC(C)(C)OC(=O)N[C@H](CC=O)c1ccc(Cl)cc1Cl. The third kappa shape index (κ3) is 5.39. The zero-order valence-electron chi connectivity index (χ0n) is 11.6. The van der Waals surface area contributed by atoms with Crippen LogP contribution in [-0.2, 0) is 9.53 Å². The number of aldehydes is 1. The summed E-state index contributed by atoms with van der Waals surface area (Å²) in [5, 5.41) is 3.51. The summed E-state index contributed by atoms with van der Waals surface area (Å²) in [5.41, 5.74) is 0.00796. The van der Waals surface area contributed by atoms with Gasteiger partial charge in [0.15, 0.2) is 0 Å². The van der Waals surface area contributed by atoms with Crippen LogP contribution in [0.1, 0.15) is 38.8 Å². The molecule has 0 aliphatic heterocycles. The second kappa shape index (κ2) is 6.95. The fourth-order valence-corrected chi connectivity index (χ4v) is 2.13. The lowest BCUT2D eigenvalue weighted by Gasteiger charge is -2.23. The van der Waals surface area contributed by atoms with E-state index in [9.17, 15) is 9.59 Å². The Labute approximate surface area is 128 Å². The fourth-order valence-electron chi connectivity index (χ4n) is 1.59. The summed E-state index contributed by atoms with van der Waals surface area (Å²) in [7, 11) is 0. The molecule has 4 nitrogen and oxygen atoms in total. The number of carbonyl (C=O) groups is 2. The fraction of sp³-hybridized carbons (Fsp3) is 0.429. The van der Waals surface area contributed by atoms with Crippen LogP contribution in [0.3, 0.4) is 0 Å². The van der Waals surface area contributed by atoms with Crippen molar-refractivity contribution in [2.24, 2.45) is 0 Å². The molecular weight excluding hydrogens is 301 g/mol. The van der Waals surface area contributed by atoms with Crippen LogP contribution >= 0.6 is 23.2 Å². The van der Waals surface area contributed by atoms with Gasteiger partial charge in [-0.2, -0.15) is 0 Å².